The monoisotopic (exact) mass is 389 g/mol. The van der Waals surface area contributed by atoms with Crippen molar-refractivity contribution in [1.82, 2.24) is 20.2 Å². The molecule has 1 heterocycles. The molecule has 0 fully saturated rings. The van der Waals surface area contributed by atoms with Crippen LogP contribution in [-0.2, 0) is 4.79 Å². The first-order valence-corrected chi connectivity index (χ1v) is 9.02. The molecule has 0 saturated carbocycles. The normalized spacial score (nSPS) is 12.0. The van der Waals surface area contributed by atoms with E-state index in [-0.39, 0.29) is 5.69 Å². The standard InChI is InChI=1S/C18H17F2N5OS/c1-10-5-4-6-11(2)16(10)25-18(22-23-24-25)27-12(3)17(26)21-15-9-13(19)7-8-14(15)20/h4-9,12H,1-3H3,(H,21,26). The van der Waals surface area contributed by atoms with Gasteiger partial charge in [-0.05, 0) is 54.5 Å². The third kappa shape index (κ3) is 4.13. The quantitative estimate of drug-likeness (QED) is 0.674. The van der Waals surface area contributed by atoms with Crippen molar-refractivity contribution in [2.24, 2.45) is 0 Å². The summed E-state index contributed by atoms with van der Waals surface area (Å²) in [7, 11) is 0. The molecule has 0 saturated heterocycles. The second-order valence-electron chi connectivity index (χ2n) is 5.99. The molecule has 1 N–H and O–H groups in total. The van der Waals surface area contributed by atoms with Crippen LogP contribution in [0.25, 0.3) is 5.69 Å². The molecule has 9 heteroatoms. The maximum atomic E-state index is 13.7. The van der Waals surface area contributed by atoms with Crippen LogP contribution in [0.3, 0.4) is 0 Å². The first-order chi connectivity index (χ1) is 12.9. The van der Waals surface area contributed by atoms with Crippen LogP contribution in [0.1, 0.15) is 18.1 Å². The van der Waals surface area contributed by atoms with Gasteiger partial charge in [0.2, 0.25) is 11.1 Å². The molecule has 1 unspecified atom stereocenters. The number of halogens is 2. The topological polar surface area (TPSA) is 72.7 Å². The van der Waals surface area contributed by atoms with Gasteiger partial charge in [-0.3, -0.25) is 4.79 Å². The van der Waals surface area contributed by atoms with E-state index in [0.717, 1.165) is 46.8 Å². The lowest BCUT2D eigenvalue weighted by molar-refractivity contribution is -0.115. The fourth-order valence-corrected chi connectivity index (χ4v) is 3.37. The number of para-hydroxylation sites is 1. The summed E-state index contributed by atoms with van der Waals surface area (Å²) < 4.78 is 28.6. The Labute approximate surface area is 159 Å². The van der Waals surface area contributed by atoms with Crippen LogP contribution in [0.2, 0.25) is 0 Å². The van der Waals surface area contributed by atoms with Crippen LogP contribution in [0, 0.1) is 25.5 Å². The van der Waals surface area contributed by atoms with Crippen molar-refractivity contribution in [2.45, 2.75) is 31.2 Å². The van der Waals surface area contributed by atoms with Crippen molar-refractivity contribution in [3.8, 4) is 5.69 Å². The van der Waals surface area contributed by atoms with Gasteiger partial charge in [0.1, 0.15) is 11.6 Å². The number of rotatable bonds is 5. The lowest BCUT2D eigenvalue weighted by Crippen LogP contribution is -2.23. The smallest absolute Gasteiger partial charge is 0.237 e. The molecule has 0 radical (unpaired) electrons. The number of hydrogen-bond acceptors (Lipinski definition) is 5. The molecule has 0 bridgehead atoms. The summed E-state index contributed by atoms with van der Waals surface area (Å²) >= 11 is 1.13. The highest BCUT2D eigenvalue weighted by Crippen LogP contribution is 2.27. The number of thioether (sulfide) groups is 1. The van der Waals surface area contributed by atoms with E-state index in [2.05, 4.69) is 20.8 Å². The zero-order chi connectivity index (χ0) is 19.6. The second-order valence-corrected chi connectivity index (χ2v) is 7.30. The number of tetrazole rings is 1. The molecule has 0 spiro atoms. The van der Waals surface area contributed by atoms with E-state index in [1.54, 1.807) is 11.6 Å². The van der Waals surface area contributed by atoms with Gasteiger partial charge in [-0.1, -0.05) is 30.0 Å². The summed E-state index contributed by atoms with van der Waals surface area (Å²) in [6.45, 7) is 5.53. The lowest BCUT2D eigenvalue weighted by atomic mass is 10.1. The van der Waals surface area contributed by atoms with Gasteiger partial charge in [-0.25, -0.2) is 8.78 Å². The Hall–Kier alpha value is -2.81. The average Bonchev–Trinajstić information content (AvgIpc) is 3.05. The van der Waals surface area contributed by atoms with E-state index in [1.807, 2.05) is 32.0 Å². The minimum Gasteiger partial charge on any atom is -0.323 e. The summed E-state index contributed by atoms with van der Waals surface area (Å²) in [5.41, 5.74) is 2.61. The van der Waals surface area contributed by atoms with E-state index in [9.17, 15) is 13.6 Å². The van der Waals surface area contributed by atoms with Gasteiger partial charge in [0, 0.05) is 6.07 Å². The predicted molar refractivity (Wildman–Crippen MR) is 98.9 cm³/mol. The van der Waals surface area contributed by atoms with Crippen molar-refractivity contribution in [3.63, 3.8) is 0 Å². The molecule has 1 aromatic heterocycles. The molecule has 0 aliphatic carbocycles. The molecule has 27 heavy (non-hydrogen) atoms. The highest BCUT2D eigenvalue weighted by Gasteiger charge is 2.21. The highest BCUT2D eigenvalue weighted by atomic mass is 32.2. The van der Waals surface area contributed by atoms with Crippen molar-refractivity contribution < 1.29 is 13.6 Å². The van der Waals surface area contributed by atoms with Crippen molar-refractivity contribution in [1.29, 1.82) is 0 Å². The maximum absolute atomic E-state index is 13.7. The SMILES string of the molecule is Cc1cccc(C)c1-n1nnnc1SC(C)C(=O)Nc1cc(F)ccc1F. The Morgan fingerprint density at radius 3 is 2.59 bits per heavy atom. The van der Waals surface area contributed by atoms with Gasteiger partial charge in [0.15, 0.2) is 0 Å². The van der Waals surface area contributed by atoms with Crippen LogP contribution < -0.4 is 5.32 Å². The number of amides is 1. The van der Waals surface area contributed by atoms with Gasteiger partial charge < -0.3 is 5.32 Å². The van der Waals surface area contributed by atoms with Crippen molar-refractivity contribution in [3.05, 3.63) is 59.2 Å². The molecular weight excluding hydrogens is 372 g/mol. The molecule has 3 aromatic rings. The molecule has 0 aliphatic rings. The van der Waals surface area contributed by atoms with Crippen LogP contribution in [-0.4, -0.2) is 31.4 Å². The van der Waals surface area contributed by atoms with Crippen LogP contribution in [0.5, 0.6) is 0 Å². The molecule has 0 aliphatic heterocycles. The van der Waals surface area contributed by atoms with E-state index >= 15 is 0 Å². The molecule has 2 aromatic carbocycles. The largest absolute Gasteiger partial charge is 0.323 e. The number of anilines is 1. The van der Waals surface area contributed by atoms with Crippen LogP contribution in [0.15, 0.2) is 41.6 Å². The summed E-state index contributed by atoms with van der Waals surface area (Å²) in [5.74, 6) is -1.83. The molecule has 1 atom stereocenters. The maximum Gasteiger partial charge on any atom is 0.237 e. The van der Waals surface area contributed by atoms with Crippen LogP contribution in [0.4, 0.5) is 14.5 Å². The Bertz CT molecular complexity index is 971. The summed E-state index contributed by atoms with van der Waals surface area (Å²) in [4.78, 5) is 12.4. The molecule has 3 rings (SSSR count). The molecule has 140 valence electrons. The number of nitrogens with zero attached hydrogens (tertiary/aromatic N) is 4. The number of benzene rings is 2. The average molecular weight is 389 g/mol. The minimum absolute atomic E-state index is 0.207. The number of aryl methyl sites for hydroxylation is 2. The summed E-state index contributed by atoms with van der Waals surface area (Å²) in [6, 6.07) is 8.72. The van der Waals surface area contributed by atoms with Crippen LogP contribution >= 0.6 is 11.8 Å². The van der Waals surface area contributed by atoms with E-state index in [1.165, 1.54) is 0 Å². The first kappa shape index (κ1) is 19.0. The van der Waals surface area contributed by atoms with Gasteiger partial charge in [-0.2, -0.15) is 4.68 Å². The first-order valence-electron chi connectivity index (χ1n) is 8.14. The molecular formula is C18H17F2N5OS. The Morgan fingerprint density at radius 1 is 1.19 bits per heavy atom. The number of hydrogen-bond donors (Lipinski definition) is 1. The summed E-state index contributed by atoms with van der Waals surface area (Å²) in [5, 5.41) is 13.9. The van der Waals surface area contributed by atoms with Crippen molar-refractivity contribution >= 4 is 23.4 Å². The lowest BCUT2D eigenvalue weighted by Gasteiger charge is -2.14. The highest BCUT2D eigenvalue weighted by molar-refractivity contribution is 8.00. The third-order valence-electron chi connectivity index (χ3n) is 3.93. The van der Waals surface area contributed by atoms with E-state index in [4.69, 9.17) is 0 Å². The predicted octanol–water partition coefficient (Wildman–Crippen LogP) is 3.68. The molecule has 1 amide bonds. The van der Waals surface area contributed by atoms with Crippen molar-refractivity contribution in [2.75, 3.05) is 5.32 Å². The third-order valence-corrected chi connectivity index (χ3v) is 4.96. The molecule has 6 nitrogen and oxygen atoms in total. The van der Waals surface area contributed by atoms with Gasteiger partial charge in [0.25, 0.3) is 0 Å². The Morgan fingerprint density at radius 2 is 1.89 bits per heavy atom. The second kappa shape index (κ2) is 7.83. The van der Waals surface area contributed by atoms with Gasteiger partial charge >= 0.3 is 0 Å². The zero-order valence-electron chi connectivity index (χ0n) is 14.9. The number of carbonyl (C=O) groups excluding carboxylic acids is 1. The number of aromatic nitrogens is 4. The Kier molecular flexibility index (Phi) is 5.50. The Balaban J connectivity index is 1.79. The number of nitrogens with one attached hydrogen (secondary N) is 1. The minimum atomic E-state index is -0.706. The fourth-order valence-electron chi connectivity index (χ4n) is 2.57. The zero-order valence-corrected chi connectivity index (χ0v) is 15.7. The van der Waals surface area contributed by atoms with E-state index in [0.29, 0.717) is 5.16 Å². The summed E-state index contributed by atoms with van der Waals surface area (Å²) in [6.07, 6.45) is 0. The fraction of sp³-hybridized carbons (Fsp3) is 0.222. The van der Waals surface area contributed by atoms with Gasteiger partial charge in [-0.15, -0.1) is 5.10 Å². The van der Waals surface area contributed by atoms with E-state index < -0.39 is 22.8 Å². The number of carbonyl (C=O) groups is 1. The van der Waals surface area contributed by atoms with Gasteiger partial charge in [0.05, 0.1) is 16.6 Å².